The minimum atomic E-state index is -1.17. The van der Waals surface area contributed by atoms with Gasteiger partial charge in [-0.15, -0.1) is 0 Å². The number of rotatable bonds is 14. The summed E-state index contributed by atoms with van der Waals surface area (Å²) in [6.45, 7) is 1.25. The van der Waals surface area contributed by atoms with Crippen LogP contribution in [0.25, 0.3) is 33.2 Å². The van der Waals surface area contributed by atoms with Crippen molar-refractivity contribution < 1.29 is 24.5 Å². The van der Waals surface area contributed by atoms with Crippen molar-refractivity contribution in [2.45, 2.75) is 44.6 Å². The Morgan fingerprint density at radius 1 is 1.10 bits per heavy atom. The number of aliphatic carboxylic acids is 1. The van der Waals surface area contributed by atoms with Crippen LogP contribution >= 0.6 is 11.6 Å². The van der Waals surface area contributed by atoms with E-state index in [2.05, 4.69) is 51.4 Å². The number of ether oxygens (including phenoxy) is 1. The maximum absolute atomic E-state index is 11.5. The fourth-order valence-corrected chi connectivity index (χ4v) is 6.64. The first kappa shape index (κ1) is 34.6. The number of carbonyl (C=O) groups is 2. The van der Waals surface area contributed by atoms with Gasteiger partial charge in [0.25, 0.3) is 0 Å². The van der Waals surface area contributed by atoms with E-state index in [1.54, 1.807) is 18.3 Å². The summed E-state index contributed by atoms with van der Waals surface area (Å²) in [5.74, 6) is -0.571. The van der Waals surface area contributed by atoms with Gasteiger partial charge in [0.05, 0.1) is 48.6 Å². The lowest BCUT2D eigenvalue weighted by atomic mass is 9.96. The smallest absolute Gasteiger partial charge is 0.323 e. The number of fused-ring (bicyclic) bond motifs is 1. The molecule has 1 saturated heterocycles. The number of aromatic nitrogens is 2. The predicted octanol–water partition coefficient (Wildman–Crippen LogP) is 4.86. The van der Waals surface area contributed by atoms with Crippen LogP contribution in [-0.2, 0) is 29.2 Å². The molecule has 5 N–H and O–H groups in total. The zero-order valence-corrected chi connectivity index (χ0v) is 28.2. The summed E-state index contributed by atoms with van der Waals surface area (Å²) in [5, 5.41) is 44.0. The second kappa shape index (κ2) is 15.5. The van der Waals surface area contributed by atoms with Gasteiger partial charge in [-0.05, 0) is 46.9 Å². The molecule has 1 aliphatic rings. The Morgan fingerprint density at radius 3 is 2.56 bits per heavy atom. The van der Waals surface area contributed by atoms with E-state index in [9.17, 15) is 25.1 Å². The Kier molecular flexibility index (Phi) is 10.7. The van der Waals surface area contributed by atoms with Gasteiger partial charge in [0, 0.05) is 54.2 Å². The van der Waals surface area contributed by atoms with Crippen LogP contribution in [0.15, 0.2) is 79.0 Å². The highest BCUT2D eigenvalue weighted by Gasteiger charge is 2.21. The number of nitriles is 1. The average Bonchev–Trinajstić information content (AvgIpc) is 3.74. The molecule has 0 unspecified atom stereocenters. The Hall–Kier alpha value is -5.25. The molecule has 256 valence electrons. The average molecular weight is 693 g/mol. The molecule has 11 nitrogen and oxygen atoms in total. The first-order chi connectivity index (χ1) is 24.3. The van der Waals surface area contributed by atoms with Crippen molar-refractivity contribution in [3.05, 3.63) is 106 Å². The summed E-state index contributed by atoms with van der Waals surface area (Å²) in [5.41, 5.74) is 7.39. The molecular weight excluding hydrogens is 656 g/mol. The molecule has 1 fully saturated rings. The zero-order valence-electron chi connectivity index (χ0n) is 27.4. The molecule has 2 atom stereocenters. The lowest BCUT2D eigenvalue weighted by Gasteiger charge is -2.16. The Morgan fingerprint density at radius 2 is 1.86 bits per heavy atom. The van der Waals surface area contributed by atoms with Crippen molar-refractivity contribution in [1.82, 2.24) is 25.7 Å². The van der Waals surface area contributed by atoms with E-state index in [4.69, 9.17) is 16.3 Å². The van der Waals surface area contributed by atoms with E-state index >= 15 is 0 Å². The van der Waals surface area contributed by atoms with Crippen LogP contribution in [0.1, 0.15) is 35.1 Å². The summed E-state index contributed by atoms with van der Waals surface area (Å²) in [4.78, 5) is 22.8. The highest BCUT2D eigenvalue weighted by Crippen LogP contribution is 2.39. The summed E-state index contributed by atoms with van der Waals surface area (Å²) >= 11 is 7.11. The van der Waals surface area contributed by atoms with Gasteiger partial charge < -0.3 is 25.6 Å². The van der Waals surface area contributed by atoms with Crippen molar-refractivity contribution in [3.63, 3.8) is 0 Å². The molecule has 0 saturated carbocycles. The number of carboxylic acid groups (broad SMARTS) is 1. The van der Waals surface area contributed by atoms with Crippen molar-refractivity contribution in [2.75, 3.05) is 20.3 Å². The molecule has 50 heavy (non-hydrogen) atoms. The largest absolute Gasteiger partial charge is 0.496 e. The van der Waals surface area contributed by atoms with Crippen molar-refractivity contribution in [3.8, 4) is 34.1 Å². The molecule has 5 aromatic rings. The summed E-state index contributed by atoms with van der Waals surface area (Å²) in [6, 6.07) is 25.0. The molecule has 4 aromatic carbocycles. The van der Waals surface area contributed by atoms with Gasteiger partial charge in [0.15, 0.2) is 0 Å². The van der Waals surface area contributed by atoms with Gasteiger partial charge in [0.2, 0.25) is 5.91 Å². The van der Waals surface area contributed by atoms with Crippen LogP contribution in [0.3, 0.4) is 0 Å². The second-order valence-corrected chi connectivity index (χ2v) is 12.6. The lowest BCUT2D eigenvalue weighted by Crippen LogP contribution is -2.39. The van der Waals surface area contributed by atoms with Crippen LogP contribution in [-0.4, -0.2) is 64.2 Å². The van der Waals surface area contributed by atoms with Crippen LogP contribution in [0.4, 0.5) is 0 Å². The maximum atomic E-state index is 11.5. The van der Waals surface area contributed by atoms with Crippen molar-refractivity contribution >= 4 is 34.4 Å². The number of hydrogen-bond acceptors (Lipinski definition) is 8. The third-order valence-electron chi connectivity index (χ3n) is 9.01. The molecule has 0 bridgehead atoms. The summed E-state index contributed by atoms with van der Waals surface area (Å²) < 4.78 is 7.41. The third-order valence-corrected chi connectivity index (χ3v) is 9.42. The number of nitrogens with one attached hydrogen (secondary N) is 3. The zero-order chi connectivity index (χ0) is 35.2. The topological polar surface area (TPSA) is 162 Å². The quantitative estimate of drug-likeness (QED) is 0.110. The van der Waals surface area contributed by atoms with Gasteiger partial charge >= 0.3 is 5.97 Å². The number of hydrogen-bond donors (Lipinski definition) is 5. The molecule has 2 heterocycles. The Balaban J connectivity index is 1.22. The standard InChI is InChI=1S/C38H37ClN6O5/c1-50-35-15-27(25(16-40)14-26(35)18-42-33(22-46)38(48)49)21-45-34-7-3-5-30(32(34)20-43-45)31-6-2-4-29(37(31)39)24-10-8-23(9-11-24)17-41-19-28-12-13-36(47)44-28/h2-11,14-15,20,28,33,41-42,46H,12-13,17-19,21-22H2,1H3,(H,44,47)(H,48,49)/t28-,33-/m0/s1. The van der Waals surface area contributed by atoms with E-state index in [0.29, 0.717) is 47.0 Å². The fourth-order valence-electron chi connectivity index (χ4n) is 6.30. The number of methoxy groups -OCH3 is 1. The van der Waals surface area contributed by atoms with E-state index in [1.807, 2.05) is 41.1 Å². The SMILES string of the molecule is COc1cc(Cn2ncc3c(-c4cccc(-c5ccc(CNC[C@@H]6CCC(=O)N6)cc5)c4Cl)cccc32)c(C#N)cc1CN[C@@H](CO)C(=O)O. The minimum Gasteiger partial charge on any atom is -0.496 e. The van der Waals surface area contributed by atoms with Crippen molar-refractivity contribution in [1.29, 1.82) is 5.26 Å². The lowest BCUT2D eigenvalue weighted by molar-refractivity contribution is -0.140. The molecule has 0 aliphatic carbocycles. The van der Waals surface area contributed by atoms with E-state index < -0.39 is 18.6 Å². The van der Waals surface area contributed by atoms with Crippen LogP contribution in [0.5, 0.6) is 5.75 Å². The fraction of sp³-hybridized carbons (Fsp3) is 0.263. The monoisotopic (exact) mass is 692 g/mol. The Bertz CT molecular complexity index is 2070. The summed E-state index contributed by atoms with van der Waals surface area (Å²) in [7, 11) is 1.51. The number of carbonyl (C=O) groups excluding carboxylic acids is 1. The number of halogens is 1. The van der Waals surface area contributed by atoms with Gasteiger partial charge in [0.1, 0.15) is 11.8 Å². The Labute approximate surface area is 294 Å². The maximum Gasteiger partial charge on any atom is 0.323 e. The molecule has 0 radical (unpaired) electrons. The summed E-state index contributed by atoms with van der Waals surface area (Å²) in [6.07, 6.45) is 3.26. The normalized spacial score (nSPS) is 14.8. The molecule has 12 heteroatoms. The van der Waals surface area contributed by atoms with Crippen LogP contribution < -0.4 is 20.7 Å². The first-order valence-electron chi connectivity index (χ1n) is 16.3. The van der Waals surface area contributed by atoms with Crippen LogP contribution in [0, 0.1) is 11.3 Å². The molecular formula is C38H37ClN6O5. The van der Waals surface area contributed by atoms with Gasteiger partial charge in [-0.25, -0.2) is 0 Å². The number of carboxylic acids is 1. The molecule has 0 spiro atoms. The number of nitrogens with zero attached hydrogens (tertiary/aromatic N) is 3. The van der Waals surface area contributed by atoms with Gasteiger partial charge in [-0.1, -0.05) is 66.2 Å². The minimum absolute atomic E-state index is 0.0905. The molecule has 1 aromatic heterocycles. The first-order valence-corrected chi connectivity index (χ1v) is 16.7. The van der Waals surface area contributed by atoms with E-state index in [0.717, 1.165) is 51.7 Å². The third kappa shape index (κ3) is 7.49. The predicted molar refractivity (Wildman–Crippen MR) is 191 cm³/mol. The van der Waals surface area contributed by atoms with Gasteiger partial charge in [-0.2, -0.15) is 10.4 Å². The molecule has 6 rings (SSSR count). The number of aliphatic hydroxyl groups excluding tert-OH is 1. The molecule has 1 amide bonds. The van der Waals surface area contributed by atoms with Crippen LogP contribution in [0.2, 0.25) is 5.02 Å². The highest BCUT2D eigenvalue weighted by atomic mass is 35.5. The van der Waals surface area contributed by atoms with E-state index in [1.165, 1.54) is 7.11 Å². The highest BCUT2D eigenvalue weighted by molar-refractivity contribution is 6.36. The number of aliphatic hydroxyl groups is 1. The number of amides is 1. The number of benzene rings is 4. The van der Waals surface area contributed by atoms with Gasteiger partial charge in [-0.3, -0.25) is 19.6 Å². The second-order valence-electron chi connectivity index (χ2n) is 12.2. The molecule has 1 aliphatic heterocycles. The van der Waals surface area contributed by atoms with Crippen molar-refractivity contribution in [2.24, 2.45) is 0 Å². The van der Waals surface area contributed by atoms with E-state index in [-0.39, 0.29) is 18.5 Å².